The quantitative estimate of drug-likeness (QED) is 0.862. The van der Waals surface area contributed by atoms with Crippen LogP contribution in [0.1, 0.15) is 11.7 Å². The summed E-state index contributed by atoms with van der Waals surface area (Å²) in [5, 5.41) is 10.2. The van der Waals surface area contributed by atoms with Gasteiger partial charge in [-0.25, -0.2) is 0 Å². The Morgan fingerprint density at radius 3 is 2.45 bits per heavy atom. The van der Waals surface area contributed by atoms with Gasteiger partial charge in [0.2, 0.25) is 0 Å². The largest absolute Gasteiger partial charge is 0.481 e. The van der Waals surface area contributed by atoms with Crippen LogP contribution in [0.25, 0.3) is 0 Å². The van der Waals surface area contributed by atoms with Crippen LogP contribution in [0.5, 0.6) is 5.75 Å². The normalized spacial score (nSPS) is 11.3. The van der Waals surface area contributed by atoms with Crippen LogP contribution in [-0.2, 0) is 4.79 Å². The van der Waals surface area contributed by atoms with E-state index in [1.807, 2.05) is 6.07 Å². The molecule has 0 spiro atoms. The van der Waals surface area contributed by atoms with Gasteiger partial charge < -0.3 is 14.7 Å². The predicted molar refractivity (Wildman–Crippen MR) is 85.6 cm³/mol. The van der Waals surface area contributed by atoms with Gasteiger partial charge in [-0.3, -0.25) is 4.79 Å². The van der Waals surface area contributed by atoms with E-state index in [4.69, 9.17) is 11.2 Å². The molecule has 2 aromatic rings. The molecule has 1 unspecified atom stereocenters. The van der Waals surface area contributed by atoms with Crippen molar-refractivity contribution in [3.63, 3.8) is 0 Å². The van der Waals surface area contributed by atoms with Gasteiger partial charge in [-0.2, -0.15) is 0 Å². The molecule has 1 atom stereocenters. The molecule has 0 saturated heterocycles. The molecule has 0 fully saturated rings. The van der Waals surface area contributed by atoms with Gasteiger partial charge in [0.25, 0.3) is 5.91 Å². The number of ether oxygens (including phenoxy) is 1. The maximum Gasteiger partial charge on any atom is 0.260 e. The highest BCUT2D eigenvalue weighted by atomic mass is 16.5. The Bertz CT molecular complexity index is 659. The van der Waals surface area contributed by atoms with E-state index in [0.29, 0.717) is 17.0 Å². The standard InChI is InChI=1S/C18H17NO3/c1-3-13-22-16-11-9-15(10-12-16)19(2)18(21)17(20)14-7-5-4-6-8-14/h1,4-12,17,20H,13H2,2H3. The number of rotatable bonds is 5. The lowest BCUT2D eigenvalue weighted by Gasteiger charge is -2.21. The Morgan fingerprint density at radius 2 is 1.86 bits per heavy atom. The van der Waals surface area contributed by atoms with Gasteiger partial charge in [0, 0.05) is 12.7 Å². The number of hydrogen-bond acceptors (Lipinski definition) is 3. The van der Waals surface area contributed by atoms with Crippen LogP contribution < -0.4 is 9.64 Å². The lowest BCUT2D eigenvalue weighted by molar-refractivity contribution is -0.126. The van der Waals surface area contributed by atoms with Crippen molar-refractivity contribution >= 4 is 11.6 Å². The zero-order valence-electron chi connectivity index (χ0n) is 12.3. The summed E-state index contributed by atoms with van der Waals surface area (Å²) < 4.78 is 5.28. The predicted octanol–water partition coefficient (Wildman–Crippen LogP) is 2.40. The van der Waals surface area contributed by atoms with E-state index in [-0.39, 0.29) is 6.61 Å². The van der Waals surface area contributed by atoms with Crippen molar-refractivity contribution in [1.82, 2.24) is 0 Å². The molecule has 0 aliphatic rings. The molecule has 0 bridgehead atoms. The molecule has 0 heterocycles. The molecule has 0 aliphatic carbocycles. The second kappa shape index (κ2) is 7.30. The number of carbonyl (C=O) groups excluding carboxylic acids is 1. The van der Waals surface area contributed by atoms with E-state index in [0.717, 1.165) is 0 Å². The van der Waals surface area contributed by atoms with Crippen molar-refractivity contribution in [1.29, 1.82) is 0 Å². The minimum absolute atomic E-state index is 0.195. The van der Waals surface area contributed by atoms with E-state index in [1.54, 1.807) is 55.6 Å². The molecular formula is C18H17NO3. The lowest BCUT2D eigenvalue weighted by Crippen LogP contribution is -2.31. The number of aliphatic hydroxyl groups excluding tert-OH is 1. The van der Waals surface area contributed by atoms with Crippen LogP contribution in [0, 0.1) is 12.3 Å². The molecule has 1 N–H and O–H groups in total. The minimum atomic E-state index is -1.19. The number of benzene rings is 2. The minimum Gasteiger partial charge on any atom is -0.481 e. The zero-order chi connectivity index (χ0) is 15.9. The van der Waals surface area contributed by atoms with E-state index in [2.05, 4.69) is 5.92 Å². The summed E-state index contributed by atoms with van der Waals surface area (Å²) in [7, 11) is 1.62. The number of amides is 1. The molecule has 0 radical (unpaired) electrons. The third-order valence-corrected chi connectivity index (χ3v) is 3.23. The highest BCUT2D eigenvalue weighted by Gasteiger charge is 2.22. The summed E-state index contributed by atoms with van der Waals surface area (Å²) in [6, 6.07) is 15.8. The van der Waals surface area contributed by atoms with Crippen LogP contribution in [0.3, 0.4) is 0 Å². The monoisotopic (exact) mass is 295 g/mol. The van der Waals surface area contributed by atoms with Crippen LogP contribution in [0.4, 0.5) is 5.69 Å². The van der Waals surface area contributed by atoms with Gasteiger partial charge >= 0.3 is 0 Å². The van der Waals surface area contributed by atoms with E-state index >= 15 is 0 Å². The van der Waals surface area contributed by atoms with E-state index in [9.17, 15) is 9.90 Å². The first-order valence-corrected chi connectivity index (χ1v) is 6.80. The fourth-order valence-corrected chi connectivity index (χ4v) is 1.98. The van der Waals surface area contributed by atoms with Gasteiger partial charge in [-0.1, -0.05) is 36.3 Å². The fourth-order valence-electron chi connectivity index (χ4n) is 1.98. The fraction of sp³-hybridized carbons (Fsp3) is 0.167. The van der Waals surface area contributed by atoms with Crippen LogP contribution >= 0.6 is 0 Å². The third kappa shape index (κ3) is 3.66. The maximum atomic E-state index is 12.3. The highest BCUT2D eigenvalue weighted by molar-refractivity contribution is 5.96. The molecule has 0 saturated carbocycles. The Labute approximate surface area is 130 Å². The highest BCUT2D eigenvalue weighted by Crippen LogP contribution is 2.22. The van der Waals surface area contributed by atoms with Gasteiger partial charge in [0.05, 0.1) is 0 Å². The smallest absolute Gasteiger partial charge is 0.260 e. The van der Waals surface area contributed by atoms with E-state index < -0.39 is 12.0 Å². The first-order chi connectivity index (χ1) is 10.6. The number of nitrogens with zero attached hydrogens (tertiary/aromatic N) is 1. The van der Waals surface area contributed by atoms with Gasteiger partial charge in [-0.15, -0.1) is 6.42 Å². The van der Waals surface area contributed by atoms with Crippen LogP contribution in [0.15, 0.2) is 54.6 Å². The molecule has 4 nitrogen and oxygen atoms in total. The third-order valence-electron chi connectivity index (χ3n) is 3.23. The summed E-state index contributed by atoms with van der Waals surface area (Å²) in [6.45, 7) is 0.195. The molecule has 2 rings (SSSR count). The Hall–Kier alpha value is -2.77. The molecule has 0 aliphatic heterocycles. The number of anilines is 1. The summed E-state index contributed by atoms with van der Waals surface area (Å²) in [6.07, 6.45) is 3.94. The first-order valence-electron chi connectivity index (χ1n) is 6.80. The zero-order valence-corrected chi connectivity index (χ0v) is 12.3. The second-order valence-corrected chi connectivity index (χ2v) is 4.70. The first kappa shape index (κ1) is 15.6. The van der Waals surface area contributed by atoms with Crippen molar-refractivity contribution in [2.45, 2.75) is 6.10 Å². The van der Waals surface area contributed by atoms with Gasteiger partial charge in [-0.05, 0) is 29.8 Å². The molecule has 2 aromatic carbocycles. The average Bonchev–Trinajstić information content (AvgIpc) is 2.59. The summed E-state index contributed by atoms with van der Waals surface area (Å²) in [4.78, 5) is 13.7. The van der Waals surface area contributed by atoms with E-state index in [1.165, 1.54) is 4.90 Å². The average molecular weight is 295 g/mol. The van der Waals surface area contributed by atoms with Crippen molar-refractivity contribution in [2.75, 3.05) is 18.6 Å². The summed E-state index contributed by atoms with van der Waals surface area (Å²) in [5.74, 6) is 2.62. The lowest BCUT2D eigenvalue weighted by atomic mass is 10.1. The van der Waals surface area contributed by atoms with Gasteiger partial charge in [0.1, 0.15) is 12.4 Å². The second-order valence-electron chi connectivity index (χ2n) is 4.70. The van der Waals surface area contributed by atoms with Crippen molar-refractivity contribution in [2.24, 2.45) is 0 Å². The Balaban J connectivity index is 2.09. The van der Waals surface area contributed by atoms with Crippen molar-refractivity contribution in [3.05, 3.63) is 60.2 Å². The number of carbonyl (C=O) groups is 1. The number of likely N-dealkylation sites (N-methyl/N-ethyl adjacent to an activating group) is 1. The number of terminal acetylenes is 1. The molecular weight excluding hydrogens is 278 g/mol. The Kier molecular flexibility index (Phi) is 5.18. The Morgan fingerprint density at radius 1 is 1.23 bits per heavy atom. The van der Waals surface area contributed by atoms with Gasteiger partial charge in [0.15, 0.2) is 6.10 Å². The molecule has 4 heteroatoms. The molecule has 1 amide bonds. The maximum absolute atomic E-state index is 12.3. The number of aliphatic hydroxyl groups is 1. The number of hydrogen-bond donors (Lipinski definition) is 1. The SMILES string of the molecule is C#CCOc1ccc(N(C)C(=O)C(O)c2ccccc2)cc1. The van der Waals surface area contributed by atoms with Crippen LogP contribution in [-0.4, -0.2) is 24.7 Å². The topological polar surface area (TPSA) is 49.8 Å². The summed E-state index contributed by atoms with van der Waals surface area (Å²) in [5.41, 5.74) is 1.22. The summed E-state index contributed by atoms with van der Waals surface area (Å²) >= 11 is 0. The van der Waals surface area contributed by atoms with Crippen molar-refractivity contribution < 1.29 is 14.6 Å². The molecule has 22 heavy (non-hydrogen) atoms. The molecule has 0 aromatic heterocycles. The van der Waals surface area contributed by atoms with Crippen molar-refractivity contribution in [3.8, 4) is 18.1 Å². The molecule has 112 valence electrons. The van der Waals surface area contributed by atoms with Crippen LogP contribution in [0.2, 0.25) is 0 Å².